The summed E-state index contributed by atoms with van der Waals surface area (Å²) in [5.74, 6) is -0.243. The third-order valence-electron chi connectivity index (χ3n) is 2.81. The lowest BCUT2D eigenvalue weighted by Crippen LogP contribution is -2.02. The first kappa shape index (κ1) is 12.1. The van der Waals surface area contributed by atoms with Crippen molar-refractivity contribution in [1.29, 1.82) is 0 Å². The Bertz CT molecular complexity index is 725. The molecule has 2 N–H and O–H groups in total. The third kappa shape index (κ3) is 2.44. The molecule has 96 valence electrons. The fourth-order valence-electron chi connectivity index (χ4n) is 1.82. The maximum absolute atomic E-state index is 13.8. The number of benzene rings is 1. The number of hydrogen-bond acceptors (Lipinski definition) is 3. The van der Waals surface area contributed by atoms with Crippen molar-refractivity contribution in [3.05, 3.63) is 52.5 Å². The lowest BCUT2D eigenvalue weighted by molar-refractivity contribution is 0.606. The molecule has 3 aromatic rings. The molecule has 6 heteroatoms. The zero-order valence-electron chi connectivity index (χ0n) is 9.82. The van der Waals surface area contributed by atoms with Gasteiger partial charge in [0.1, 0.15) is 5.82 Å². The highest BCUT2D eigenvalue weighted by Gasteiger charge is 2.06. The number of aromatic amines is 1. The van der Waals surface area contributed by atoms with Crippen LogP contribution in [-0.2, 0) is 6.54 Å². The molecule has 2 heterocycles. The number of rotatable bonds is 3. The Labute approximate surface area is 117 Å². The van der Waals surface area contributed by atoms with E-state index in [-0.39, 0.29) is 5.82 Å². The molecule has 0 aliphatic rings. The first-order chi connectivity index (χ1) is 9.24. The van der Waals surface area contributed by atoms with Gasteiger partial charge in [0, 0.05) is 17.5 Å². The van der Waals surface area contributed by atoms with E-state index in [9.17, 15) is 4.39 Å². The summed E-state index contributed by atoms with van der Waals surface area (Å²) in [6.07, 6.45) is 3.39. The van der Waals surface area contributed by atoms with E-state index in [1.54, 1.807) is 24.5 Å². The summed E-state index contributed by atoms with van der Waals surface area (Å²) in [7, 11) is 0. The largest absolute Gasteiger partial charge is 0.380 e. The second-order valence-corrected chi connectivity index (χ2v) is 4.95. The molecule has 19 heavy (non-hydrogen) atoms. The van der Waals surface area contributed by atoms with E-state index in [0.29, 0.717) is 16.6 Å². The minimum absolute atomic E-state index is 0.243. The van der Waals surface area contributed by atoms with Crippen LogP contribution in [0, 0.1) is 5.82 Å². The molecular formula is C13H10BrFN4. The number of anilines is 1. The normalized spacial score (nSPS) is 10.8. The first-order valence-corrected chi connectivity index (χ1v) is 6.49. The molecule has 0 saturated carbocycles. The molecule has 2 aromatic heterocycles. The summed E-state index contributed by atoms with van der Waals surface area (Å²) in [4.78, 5) is 4.21. The van der Waals surface area contributed by atoms with Crippen LogP contribution in [0.15, 0.2) is 41.1 Å². The van der Waals surface area contributed by atoms with Gasteiger partial charge in [0.05, 0.1) is 22.6 Å². The molecule has 0 unspecified atom stereocenters. The molecule has 0 aliphatic heterocycles. The van der Waals surface area contributed by atoms with Crippen LogP contribution in [0.25, 0.3) is 11.0 Å². The van der Waals surface area contributed by atoms with Gasteiger partial charge in [0.2, 0.25) is 0 Å². The molecule has 4 nitrogen and oxygen atoms in total. The number of halogens is 2. The Hall–Kier alpha value is -1.95. The minimum atomic E-state index is -0.243. The molecule has 1 aromatic carbocycles. The minimum Gasteiger partial charge on any atom is -0.380 e. The van der Waals surface area contributed by atoms with Crippen LogP contribution >= 0.6 is 15.9 Å². The quantitative estimate of drug-likeness (QED) is 0.777. The Morgan fingerprint density at radius 1 is 1.32 bits per heavy atom. The molecular weight excluding hydrogens is 311 g/mol. The smallest absolute Gasteiger partial charge is 0.155 e. The van der Waals surface area contributed by atoms with Crippen molar-refractivity contribution in [1.82, 2.24) is 15.2 Å². The Kier molecular flexibility index (Phi) is 3.16. The van der Waals surface area contributed by atoms with Crippen LogP contribution in [-0.4, -0.2) is 15.2 Å². The van der Waals surface area contributed by atoms with Gasteiger partial charge in [-0.05, 0) is 28.1 Å². The number of aromatic nitrogens is 3. The van der Waals surface area contributed by atoms with Gasteiger partial charge in [0.15, 0.2) is 5.65 Å². The molecule has 0 fully saturated rings. The number of pyridine rings is 1. The van der Waals surface area contributed by atoms with Gasteiger partial charge in [-0.3, -0.25) is 5.10 Å². The van der Waals surface area contributed by atoms with Gasteiger partial charge in [-0.2, -0.15) is 5.10 Å². The van der Waals surface area contributed by atoms with E-state index < -0.39 is 0 Å². The van der Waals surface area contributed by atoms with Crippen molar-refractivity contribution in [3.63, 3.8) is 0 Å². The van der Waals surface area contributed by atoms with Crippen LogP contribution in [0.5, 0.6) is 0 Å². The van der Waals surface area contributed by atoms with Crippen LogP contribution in [0.4, 0.5) is 10.1 Å². The number of H-pyrrole nitrogens is 1. The second kappa shape index (κ2) is 4.97. The summed E-state index contributed by atoms with van der Waals surface area (Å²) < 4.78 is 14.3. The number of hydrogen-bond donors (Lipinski definition) is 2. The van der Waals surface area contributed by atoms with Crippen LogP contribution < -0.4 is 5.32 Å². The maximum Gasteiger partial charge on any atom is 0.155 e. The highest BCUT2D eigenvalue weighted by molar-refractivity contribution is 9.10. The molecule has 0 aliphatic carbocycles. The van der Waals surface area contributed by atoms with Crippen LogP contribution in [0.1, 0.15) is 5.56 Å². The first-order valence-electron chi connectivity index (χ1n) is 5.70. The van der Waals surface area contributed by atoms with Crippen molar-refractivity contribution in [2.45, 2.75) is 6.54 Å². The standard InChI is InChI=1S/C13H10BrFN4/c14-11-3-1-2-8(12(11)15)5-16-10-4-9-6-18-19-13(9)17-7-10/h1-4,6-7,16H,5H2,(H,17,18,19). The van der Waals surface area contributed by atoms with Gasteiger partial charge in [-0.25, -0.2) is 9.37 Å². The topological polar surface area (TPSA) is 53.6 Å². The summed E-state index contributed by atoms with van der Waals surface area (Å²) in [6, 6.07) is 7.15. The fourth-order valence-corrected chi connectivity index (χ4v) is 2.22. The predicted octanol–water partition coefficient (Wildman–Crippen LogP) is 3.47. The lowest BCUT2D eigenvalue weighted by Gasteiger charge is -2.08. The second-order valence-electron chi connectivity index (χ2n) is 4.10. The van der Waals surface area contributed by atoms with Crippen molar-refractivity contribution in [2.24, 2.45) is 0 Å². The summed E-state index contributed by atoms with van der Waals surface area (Å²) in [5.41, 5.74) is 2.16. The molecule has 3 rings (SSSR count). The van der Waals surface area contributed by atoms with E-state index in [1.165, 1.54) is 0 Å². The highest BCUT2D eigenvalue weighted by Crippen LogP contribution is 2.20. The third-order valence-corrected chi connectivity index (χ3v) is 3.42. The zero-order valence-corrected chi connectivity index (χ0v) is 11.4. The Balaban J connectivity index is 1.80. The molecule has 0 atom stereocenters. The monoisotopic (exact) mass is 320 g/mol. The van der Waals surface area contributed by atoms with Crippen molar-refractivity contribution < 1.29 is 4.39 Å². The Morgan fingerprint density at radius 3 is 3.11 bits per heavy atom. The number of nitrogens with zero attached hydrogens (tertiary/aromatic N) is 2. The Morgan fingerprint density at radius 2 is 2.21 bits per heavy atom. The van der Waals surface area contributed by atoms with Gasteiger partial charge in [-0.15, -0.1) is 0 Å². The fraction of sp³-hybridized carbons (Fsp3) is 0.0769. The molecule has 0 amide bonds. The van der Waals surface area contributed by atoms with Crippen molar-refractivity contribution in [2.75, 3.05) is 5.32 Å². The van der Waals surface area contributed by atoms with Gasteiger partial charge in [0.25, 0.3) is 0 Å². The van der Waals surface area contributed by atoms with Crippen LogP contribution in [0.3, 0.4) is 0 Å². The van der Waals surface area contributed by atoms with Crippen molar-refractivity contribution in [3.8, 4) is 0 Å². The maximum atomic E-state index is 13.8. The van der Waals surface area contributed by atoms with E-state index in [2.05, 4.69) is 36.4 Å². The van der Waals surface area contributed by atoms with E-state index in [4.69, 9.17) is 0 Å². The van der Waals surface area contributed by atoms with Gasteiger partial charge >= 0.3 is 0 Å². The molecule has 0 saturated heterocycles. The highest BCUT2D eigenvalue weighted by atomic mass is 79.9. The SMILES string of the molecule is Fc1c(Br)cccc1CNc1cnc2[nH]ncc2c1. The lowest BCUT2D eigenvalue weighted by atomic mass is 10.2. The van der Waals surface area contributed by atoms with Gasteiger partial charge < -0.3 is 5.32 Å². The number of fused-ring (bicyclic) bond motifs is 1. The predicted molar refractivity (Wildman–Crippen MR) is 75.3 cm³/mol. The summed E-state index contributed by atoms with van der Waals surface area (Å²) in [6.45, 7) is 0.399. The van der Waals surface area contributed by atoms with Crippen molar-refractivity contribution >= 4 is 32.7 Å². The van der Waals surface area contributed by atoms with Crippen LogP contribution in [0.2, 0.25) is 0 Å². The molecule has 0 bridgehead atoms. The average Bonchev–Trinajstić information content (AvgIpc) is 2.88. The summed E-state index contributed by atoms with van der Waals surface area (Å²) >= 11 is 3.17. The summed E-state index contributed by atoms with van der Waals surface area (Å²) in [5, 5.41) is 10.7. The average molecular weight is 321 g/mol. The molecule has 0 spiro atoms. The number of nitrogens with one attached hydrogen (secondary N) is 2. The molecule has 0 radical (unpaired) electrons. The van der Waals surface area contributed by atoms with E-state index in [0.717, 1.165) is 16.7 Å². The van der Waals surface area contributed by atoms with Gasteiger partial charge in [-0.1, -0.05) is 12.1 Å². The zero-order chi connectivity index (χ0) is 13.2. The van der Waals surface area contributed by atoms with E-state index >= 15 is 0 Å². The van der Waals surface area contributed by atoms with E-state index in [1.807, 2.05) is 12.1 Å².